The average molecular weight is 491 g/mol. The van der Waals surface area contributed by atoms with Crippen LogP contribution in [-0.4, -0.2) is 13.9 Å². The van der Waals surface area contributed by atoms with Gasteiger partial charge < -0.3 is 4.18 Å². The Labute approximate surface area is 196 Å². The topological polar surface area (TPSA) is 43.4 Å². The van der Waals surface area contributed by atoms with Crippen LogP contribution in [0.2, 0.25) is 0 Å². The van der Waals surface area contributed by atoms with Gasteiger partial charge in [-0.2, -0.15) is 21.6 Å². The summed E-state index contributed by atoms with van der Waals surface area (Å²) in [7, 11) is -5.68. The molecule has 178 valence electrons. The SMILES string of the molecule is C.Fc1ccccc1-c1ccccc1.O=S(=O)(Oc1ccccc1-c1ccccc1)C(F)(F)F. The van der Waals surface area contributed by atoms with Crippen LogP contribution in [0, 0.1) is 5.82 Å². The van der Waals surface area contributed by atoms with Gasteiger partial charge in [0.1, 0.15) is 5.82 Å². The molecule has 0 aliphatic carbocycles. The molecule has 4 aromatic rings. The summed E-state index contributed by atoms with van der Waals surface area (Å²) in [5, 5.41) is 0. The van der Waals surface area contributed by atoms with E-state index in [2.05, 4.69) is 4.18 Å². The van der Waals surface area contributed by atoms with Crippen LogP contribution in [0.25, 0.3) is 22.3 Å². The van der Waals surface area contributed by atoms with E-state index in [-0.39, 0.29) is 24.6 Å². The van der Waals surface area contributed by atoms with E-state index >= 15 is 0 Å². The molecule has 0 aromatic heterocycles. The summed E-state index contributed by atoms with van der Waals surface area (Å²) < 4.78 is 76.6. The lowest BCUT2D eigenvalue weighted by Gasteiger charge is -2.12. The molecule has 4 aromatic carbocycles. The van der Waals surface area contributed by atoms with Crippen molar-refractivity contribution in [3.8, 4) is 28.0 Å². The molecule has 0 fully saturated rings. The molecule has 0 saturated carbocycles. The van der Waals surface area contributed by atoms with Crippen molar-refractivity contribution in [2.24, 2.45) is 0 Å². The highest BCUT2D eigenvalue weighted by atomic mass is 32.2. The smallest absolute Gasteiger partial charge is 0.375 e. The van der Waals surface area contributed by atoms with E-state index in [1.54, 1.807) is 48.5 Å². The number of rotatable bonds is 4. The molecule has 0 atom stereocenters. The third kappa shape index (κ3) is 6.68. The summed E-state index contributed by atoms with van der Waals surface area (Å²) in [6.45, 7) is 0. The first-order chi connectivity index (χ1) is 15.7. The minimum Gasteiger partial charge on any atom is -0.375 e. The van der Waals surface area contributed by atoms with E-state index in [9.17, 15) is 26.0 Å². The van der Waals surface area contributed by atoms with E-state index in [0.717, 1.165) is 5.56 Å². The average Bonchev–Trinajstić information content (AvgIpc) is 2.80. The van der Waals surface area contributed by atoms with Crippen molar-refractivity contribution in [3.63, 3.8) is 0 Å². The van der Waals surface area contributed by atoms with Crippen molar-refractivity contribution in [2.45, 2.75) is 12.9 Å². The Kier molecular flexibility index (Phi) is 8.97. The van der Waals surface area contributed by atoms with E-state index in [0.29, 0.717) is 11.1 Å². The molecular weight excluding hydrogens is 468 g/mol. The zero-order valence-corrected chi connectivity index (χ0v) is 17.9. The molecular formula is C26H22F4O3S. The van der Waals surface area contributed by atoms with Gasteiger partial charge in [0.15, 0.2) is 5.75 Å². The normalized spacial score (nSPS) is 10.9. The fourth-order valence-corrected chi connectivity index (χ4v) is 3.35. The molecule has 0 amide bonds. The Balaban J connectivity index is 0.000000253. The largest absolute Gasteiger partial charge is 0.534 e. The molecule has 0 aliphatic heterocycles. The van der Waals surface area contributed by atoms with Crippen LogP contribution < -0.4 is 4.18 Å². The number of para-hydroxylation sites is 1. The fourth-order valence-electron chi connectivity index (χ4n) is 2.87. The van der Waals surface area contributed by atoms with Gasteiger partial charge in [-0.3, -0.25) is 0 Å². The van der Waals surface area contributed by atoms with Crippen molar-refractivity contribution in [1.82, 2.24) is 0 Å². The number of hydrogen-bond donors (Lipinski definition) is 0. The first-order valence-corrected chi connectivity index (χ1v) is 11.0. The number of hydrogen-bond acceptors (Lipinski definition) is 3. The van der Waals surface area contributed by atoms with Crippen molar-refractivity contribution in [1.29, 1.82) is 0 Å². The van der Waals surface area contributed by atoms with Crippen LogP contribution >= 0.6 is 0 Å². The number of halogens is 4. The molecule has 0 spiro atoms. The van der Waals surface area contributed by atoms with Crippen molar-refractivity contribution in [3.05, 3.63) is 115 Å². The summed E-state index contributed by atoms with van der Waals surface area (Å²) in [5.41, 5.74) is -3.07. The molecule has 4 rings (SSSR count). The number of alkyl halides is 3. The summed E-state index contributed by atoms with van der Waals surface area (Å²) in [4.78, 5) is 0. The zero-order chi connectivity index (χ0) is 23.9. The van der Waals surface area contributed by atoms with Gasteiger partial charge in [0, 0.05) is 11.1 Å². The third-order valence-corrected chi connectivity index (χ3v) is 5.38. The summed E-state index contributed by atoms with van der Waals surface area (Å²) in [5.74, 6) is -0.537. The Hall–Kier alpha value is -3.65. The molecule has 8 heteroatoms. The highest BCUT2D eigenvalue weighted by Crippen LogP contribution is 2.34. The lowest BCUT2D eigenvalue weighted by atomic mass is 10.1. The molecule has 34 heavy (non-hydrogen) atoms. The lowest BCUT2D eigenvalue weighted by molar-refractivity contribution is -0.0499. The van der Waals surface area contributed by atoms with E-state index in [4.69, 9.17) is 0 Å². The highest BCUT2D eigenvalue weighted by molar-refractivity contribution is 7.88. The summed E-state index contributed by atoms with van der Waals surface area (Å²) >= 11 is 0. The maximum Gasteiger partial charge on any atom is 0.534 e. The van der Waals surface area contributed by atoms with Gasteiger partial charge in [0.25, 0.3) is 0 Å². The fraction of sp³-hybridized carbons (Fsp3) is 0.0769. The zero-order valence-electron chi connectivity index (χ0n) is 17.0. The minimum absolute atomic E-state index is 0. The molecule has 0 radical (unpaired) electrons. The second kappa shape index (κ2) is 11.5. The summed E-state index contributed by atoms with van der Waals surface area (Å²) in [6.07, 6.45) is 0. The Bertz CT molecular complexity index is 1290. The van der Waals surface area contributed by atoms with Crippen molar-refractivity contribution in [2.75, 3.05) is 0 Å². The second-order valence-electron chi connectivity index (χ2n) is 6.69. The van der Waals surface area contributed by atoms with Crippen LogP contribution in [0.3, 0.4) is 0 Å². The van der Waals surface area contributed by atoms with Crippen LogP contribution in [0.4, 0.5) is 17.6 Å². The second-order valence-corrected chi connectivity index (χ2v) is 8.23. The van der Waals surface area contributed by atoms with Gasteiger partial charge in [-0.05, 0) is 23.3 Å². The van der Waals surface area contributed by atoms with Gasteiger partial charge in [0.2, 0.25) is 0 Å². The monoisotopic (exact) mass is 490 g/mol. The molecule has 0 unspecified atom stereocenters. The maximum absolute atomic E-state index is 13.3. The number of benzene rings is 4. The minimum atomic E-state index is -5.68. The van der Waals surface area contributed by atoms with Crippen LogP contribution in [0.5, 0.6) is 5.75 Å². The quantitative estimate of drug-likeness (QED) is 0.167. The molecule has 0 heterocycles. The summed E-state index contributed by atoms with van der Waals surface area (Å²) in [6, 6.07) is 30.3. The first kappa shape index (κ1) is 26.6. The van der Waals surface area contributed by atoms with Crippen LogP contribution in [-0.2, 0) is 10.1 Å². The standard InChI is InChI=1S/C13H9F3O3S.C12H9F.CH4/c14-13(15,16)20(17,18)19-12-9-5-4-8-11(12)10-6-2-1-3-7-10;13-12-9-5-4-8-11(12)10-6-2-1-3-7-10;/h1-9H;1-9H;1H4. The Morgan fingerprint density at radius 1 is 0.588 bits per heavy atom. The van der Waals surface area contributed by atoms with Crippen LogP contribution in [0.1, 0.15) is 7.43 Å². The van der Waals surface area contributed by atoms with Gasteiger partial charge in [-0.1, -0.05) is 104 Å². The van der Waals surface area contributed by atoms with Gasteiger partial charge in [-0.15, -0.1) is 0 Å². The molecule has 0 N–H and O–H groups in total. The molecule has 3 nitrogen and oxygen atoms in total. The van der Waals surface area contributed by atoms with E-state index in [1.807, 2.05) is 36.4 Å². The lowest BCUT2D eigenvalue weighted by Crippen LogP contribution is -2.28. The van der Waals surface area contributed by atoms with E-state index in [1.165, 1.54) is 24.3 Å². The van der Waals surface area contributed by atoms with Gasteiger partial charge in [-0.25, -0.2) is 4.39 Å². The van der Waals surface area contributed by atoms with Gasteiger partial charge in [0.05, 0.1) is 0 Å². The predicted octanol–water partition coefficient (Wildman–Crippen LogP) is 7.71. The van der Waals surface area contributed by atoms with E-state index < -0.39 is 15.6 Å². The predicted molar refractivity (Wildman–Crippen MR) is 126 cm³/mol. The molecule has 0 bridgehead atoms. The van der Waals surface area contributed by atoms with Crippen LogP contribution in [0.15, 0.2) is 109 Å². The third-order valence-electron chi connectivity index (χ3n) is 4.41. The maximum atomic E-state index is 13.3. The van der Waals surface area contributed by atoms with Gasteiger partial charge >= 0.3 is 15.6 Å². The Morgan fingerprint density at radius 2 is 1.00 bits per heavy atom. The first-order valence-electron chi connectivity index (χ1n) is 9.64. The van der Waals surface area contributed by atoms with Crippen molar-refractivity contribution >= 4 is 10.1 Å². The Morgan fingerprint density at radius 3 is 1.50 bits per heavy atom. The molecule has 0 saturated heterocycles. The highest BCUT2D eigenvalue weighted by Gasteiger charge is 2.48. The van der Waals surface area contributed by atoms with Crippen molar-refractivity contribution < 1.29 is 30.2 Å². The molecule has 0 aliphatic rings.